The highest BCUT2D eigenvalue weighted by Crippen LogP contribution is 2.30. The van der Waals surface area contributed by atoms with Gasteiger partial charge >= 0.3 is 6.03 Å². The molecule has 0 unspecified atom stereocenters. The van der Waals surface area contributed by atoms with Crippen molar-refractivity contribution in [3.63, 3.8) is 0 Å². The van der Waals surface area contributed by atoms with Gasteiger partial charge in [-0.3, -0.25) is 15.0 Å². The minimum Gasteiger partial charge on any atom is -0.322 e. The SMILES string of the molecule is C[C@]1(CCc2ccccc2)NC(=O)N(NC(=O)CSc2nnnn2C2CCCCC2)C1=O. The Hall–Kier alpha value is -2.95. The summed E-state index contributed by atoms with van der Waals surface area (Å²) in [5, 5.41) is 15.9. The number of benzene rings is 1. The van der Waals surface area contributed by atoms with Gasteiger partial charge in [-0.05, 0) is 48.6 Å². The first-order valence-corrected chi connectivity index (χ1v) is 11.9. The fourth-order valence-electron chi connectivity index (χ4n) is 4.12. The second-order valence-electron chi connectivity index (χ2n) is 8.41. The van der Waals surface area contributed by atoms with E-state index in [1.54, 1.807) is 11.6 Å². The third-order valence-corrected chi connectivity index (χ3v) is 6.90. The molecule has 11 heteroatoms. The number of hydrogen-bond donors (Lipinski definition) is 2. The minimum atomic E-state index is -1.07. The number of hydrogen-bond acceptors (Lipinski definition) is 7. The third kappa shape index (κ3) is 4.93. The van der Waals surface area contributed by atoms with Gasteiger partial charge in [0.25, 0.3) is 5.91 Å². The second-order valence-corrected chi connectivity index (χ2v) is 9.35. The van der Waals surface area contributed by atoms with Crippen LogP contribution in [0.1, 0.15) is 57.1 Å². The molecule has 2 N–H and O–H groups in total. The van der Waals surface area contributed by atoms with Crippen molar-refractivity contribution in [2.45, 2.75) is 68.6 Å². The highest BCUT2D eigenvalue weighted by Gasteiger charge is 2.48. The fraction of sp³-hybridized carbons (Fsp3) is 0.524. The molecular weight excluding hydrogens is 430 g/mol. The number of hydrazine groups is 1. The molecule has 32 heavy (non-hydrogen) atoms. The fourth-order valence-corrected chi connectivity index (χ4v) is 4.85. The van der Waals surface area contributed by atoms with Crippen molar-refractivity contribution < 1.29 is 14.4 Å². The van der Waals surface area contributed by atoms with Crippen molar-refractivity contribution in [1.29, 1.82) is 0 Å². The summed E-state index contributed by atoms with van der Waals surface area (Å²) < 4.78 is 1.78. The zero-order chi connectivity index (χ0) is 22.6. The summed E-state index contributed by atoms with van der Waals surface area (Å²) in [6, 6.07) is 9.36. The second kappa shape index (κ2) is 9.68. The molecule has 1 aromatic carbocycles. The molecule has 2 fully saturated rings. The number of rotatable bonds is 8. The van der Waals surface area contributed by atoms with Gasteiger partial charge in [0.05, 0.1) is 11.8 Å². The lowest BCUT2D eigenvalue weighted by molar-refractivity contribution is -0.138. The number of aryl methyl sites for hydroxylation is 1. The molecular formula is C21H27N7O3S. The molecule has 1 aromatic heterocycles. The molecule has 1 aliphatic carbocycles. The van der Waals surface area contributed by atoms with E-state index in [9.17, 15) is 14.4 Å². The van der Waals surface area contributed by atoms with Crippen LogP contribution in [0.5, 0.6) is 0 Å². The van der Waals surface area contributed by atoms with Crippen molar-refractivity contribution in [2.75, 3.05) is 5.75 Å². The first-order chi connectivity index (χ1) is 15.5. The number of imide groups is 1. The summed E-state index contributed by atoms with van der Waals surface area (Å²) in [5.41, 5.74) is 2.43. The number of carbonyl (C=O) groups is 3. The molecule has 2 heterocycles. The van der Waals surface area contributed by atoms with E-state index < -0.39 is 23.4 Å². The van der Waals surface area contributed by atoms with Gasteiger partial charge in [-0.2, -0.15) is 5.01 Å². The topological polar surface area (TPSA) is 122 Å². The van der Waals surface area contributed by atoms with E-state index in [1.165, 1.54) is 18.2 Å². The number of urea groups is 1. The Kier molecular flexibility index (Phi) is 6.73. The van der Waals surface area contributed by atoms with Crippen molar-refractivity contribution in [1.82, 2.24) is 36.0 Å². The molecule has 1 aliphatic heterocycles. The Bertz CT molecular complexity index is 977. The molecule has 0 radical (unpaired) electrons. The number of nitrogens with one attached hydrogen (secondary N) is 2. The summed E-state index contributed by atoms with van der Waals surface area (Å²) >= 11 is 1.19. The van der Waals surface area contributed by atoms with E-state index >= 15 is 0 Å². The van der Waals surface area contributed by atoms with Crippen LogP contribution in [0.2, 0.25) is 0 Å². The molecule has 0 bridgehead atoms. The van der Waals surface area contributed by atoms with E-state index in [0.29, 0.717) is 18.0 Å². The monoisotopic (exact) mass is 457 g/mol. The first-order valence-electron chi connectivity index (χ1n) is 10.9. The summed E-state index contributed by atoms with van der Waals surface area (Å²) in [4.78, 5) is 37.7. The largest absolute Gasteiger partial charge is 0.344 e. The van der Waals surface area contributed by atoms with Crippen LogP contribution in [-0.4, -0.2) is 54.4 Å². The number of tetrazole rings is 1. The van der Waals surface area contributed by atoms with Gasteiger partial charge in [0.1, 0.15) is 5.54 Å². The van der Waals surface area contributed by atoms with E-state index in [-0.39, 0.29) is 11.8 Å². The average molecular weight is 458 g/mol. The lowest BCUT2D eigenvalue weighted by atomic mass is 9.93. The van der Waals surface area contributed by atoms with Crippen LogP contribution in [0, 0.1) is 0 Å². The van der Waals surface area contributed by atoms with Crippen LogP contribution in [0.25, 0.3) is 0 Å². The van der Waals surface area contributed by atoms with Crippen molar-refractivity contribution >= 4 is 29.6 Å². The molecule has 2 aromatic rings. The maximum Gasteiger partial charge on any atom is 0.344 e. The summed E-state index contributed by atoms with van der Waals surface area (Å²) in [7, 11) is 0. The van der Waals surface area contributed by atoms with Gasteiger partial charge in [0.2, 0.25) is 11.1 Å². The highest BCUT2D eigenvalue weighted by molar-refractivity contribution is 7.99. The third-order valence-electron chi connectivity index (χ3n) is 5.97. The van der Waals surface area contributed by atoms with E-state index in [2.05, 4.69) is 26.3 Å². The molecule has 2 aliphatic rings. The highest BCUT2D eigenvalue weighted by atomic mass is 32.2. The molecule has 1 saturated heterocycles. The summed E-state index contributed by atoms with van der Waals surface area (Å²) in [6.07, 6.45) is 6.61. The van der Waals surface area contributed by atoms with Crippen LogP contribution in [-0.2, 0) is 16.0 Å². The number of aromatic nitrogens is 4. The lowest BCUT2D eigenvalue weighted by Crippen LogP contribution is -2.49. The Morgan fingerprint density at radius 2 is 1.97 bits per heavy atom. The van der Waals surface area contributed by atoms with Crippen LogP contribution in [0.15, 0.2) is 35.5 Å². The maximum atomic E-state index is 12.9. The van der Waals surface area contributed by atoms with Gasteiger partial charge in [-0.15, -0.1) is 5.10 Å². The van der Waals surface area contributed by atoms with Crippen molar-refractivity contribution in [3.8, 4) is 0 Å². The van der Waals surface area contributed by atoms with Crippen LogP contribution >= 0.6 is 11.8 Å². The lowest BCUT2D eigenvalue weighted by Gasteiger charge is -2.22. The van der Waals surface area contributed by atoms with Gasteiger partial charge in [0.15, 0.2) is 0 Å². The molecule has 1 atom stereocenters. The van der Waals surface area contributed by atoms with E-state index in [4.69, 9.17) is 0 Å². The molecule has 4 amide bonds. The van der Waals surface area contributed by atoms with Crippen LogP contribution < -0.4 is 10.7 Å². The Morgan fingerprint density at radius 1 is 1.22 bits per heavy atom. The predicted molar refractivity (Wildman–Crippen MR) is 117 cm³/mol. The zero-order valence-electron chi connectivity index (χ0n) is 18.0. The molecule has 10 nitrogen and oxygen atoms in total. The van der Waals surface area contributed by atoms with E-state index in [1.807, 2.05) is 30.3 Å². The maximum absolute atomic E-state index is 12.9. The van der Waals surface area contributed by atoms with Gasteiger partial charge in [-0.25, -0.2) is 9.48 Å². The van der Waals surface area contributed by atoms with Crippen LogP contribution in [0.4, 0.5) is 4.79 Å². The smallest absolute Gasteiger partial charge is 0.322 e. The average Bonchev–Trinajstić information content (AvgIpc) is 3.36. The van der Waals surface area contributed by atoms with Gasteiger partial charge in [-0.1, -0.05) is 61.4 Å². The Labute approximate surface area is 190 Å². The Balaban J connectivity index is 1.31. The number of nitrogens with zero attached hydrogens (tertiary/aromatic N) is 5. The molecule has 0 spiro atoms. The van der Waals surface area contributed by atoms with Crippen LogP contribution in [0.3, 0.4) is 0 Å². The minimum absolute atomic E-state index is 0.00904. The van der Waals surface area contributed by atoms with Crippen molar-refractivity contribution in [2.24, 2.45) is 0 Å². The summed E-state index contributed by atoms with van der Waals surface area (Å²) in [6.45, 7) is 1.68. The van der Waals surface area contributed by atoms with Gasteiger partial charge < -0.3 is 5.32 Å². The number of carbonyl (C=O) groups excluding carboxylic acids is 3. The molecule has 1 saturated carbocycles. The summed E-state index contributed by atoms with van der Waals surface area (Å²) in [5.74, 6) is -0.946. The predicted octanol–water partition coefficient (Wildman–Crippen LogP) is 2.24. The van der Waals surface area contributed by atoms with Crippen molar-refractivity contribution in [3.05, 3.63) is 35.9 Å². The van der Waals surface area contributed by atoms with Gasteiger partial charge in [0, 0.05) is 0 Å². The molecule has 4 rings (SSSR count). The standard InChI is InChI=1S/C21H27N7O3S/c1-21(13-12-15-8-4-2-5-9-15)18(30)28(19(31)22-21)24-17(29)14-32-20-23-25-26-27(20)16-10-6-3-7-11-16/h2,4-5,8-9,16H,3,6-7,10-14H2,1H3,(H,22,31)(H,24,29)/t21-/m1/s1. The Morgan fingerprint density at radius 3 is 2.72 bits per heavy atom. The number of amides is 4. The quantitative estimate of drug-likeness (QED) is 0.460. The first kappa shape index (κ1) is 22.3. The zero-order valence-corrected chi connectivity index (χ0v) is 18.8. The normalized spacial score (nSPS) is 21.6. The number of thioether (sulfide) groups is 1. The molecule has 170 valence electrons. The van der Waals surface area contributed by atoms with E-state index in [0.717, 1.165) is 36.3 Å².